The SMILES string of the molecule is Cc1cc(C)c(N2C=[N+](Cc3cc(C(C)(C)C)cc(C(C)(C)C)c3O)[C@H](c3ccccc3)[C@H]2c2ccccc2)c(C)c1. The first-order valence-corrected chi connectivity index (χ1v) is 15.2. The second-order valence-corrected chi connectivity index (χ2v) is 14.2. The third kappa shape index (κ3) is 5.75. The zero-order valence-electron chi connectivity index (χ0n) is 26.9. The van der Waals surface area contributed by atoms with Gasteiger partial charge < -0.3 is 5.11 Å². The zero-order chi connectivity index (χ0) is 30.4. The van der Waals surface area contributed by atoms with E-state index in [9.17, 15) is 5.11 Å². The maximum absolute atomic E-state index is 11.8. The molecule has 42 heavy (non-hydrogen) atoms. The first-order valence-electron chi connectivity index (χ1n) is 15.2. The number of aryl methyl sites for hydroxylation is 3. The van der Waals surface area contributed by atoms with Gasteiger partial charge in [-0.2, -0.15) is 0 Å². The van der Waals surface area contributed by atoms with E-state index < -0.39 is 0 Å². The lowest BCUT2D eigenvalue weighted by Gasteiger charge is -2.28. The van der Waals surface area contributed by atoms with Crippen molar-refractivity contribution in [3.63, 3.8) is 0 Å². The Morgan fingerprint density at radius 3 is 1.79 bits per heavy atom. The molecule has 218 valence electrons. The Morgan fingerprint density at radius 1 is 0.714 bits per heavy atom. The van der Waals surface area contributed by atoms with Crippen molar-refractivity contribution in [3.8, 4) is 5.75 Å². The highest BCUT2D eigenvalue weighted by Crippen LogP contribution is 2.46. The van der Waals surface area contributed by atoms with Crippen LogP contribution in [0.1, 0.15) is 98.1 Å². The molecule has 2 atom stereocenters. The van der Waals surface area contributed by atoms with E-state index in [-0.39, 0.29) is 22.9 Å². The summed E-state index contributed by atoms with van der Waals surface area (Å²) in [7, 11) is 0. The number of phenolic OH excluding ortho intramolecular Hbond substituents is 1. The Labute approximate surface area is 253 Å². The van der Waals surface area contributed by atoms with Crippen molar-refractivity contribution in [2.45, 2.75) is 91.8 Å². The van der Waals surface area contributed by atoms with Crippen molar-refractivity contribution >= 4 is 12.0 Å². The molecule has 0 unspecified atom stereocenters. The van der Waals surface area contributed by atoms with Crippen LogP contribution >= 0.6 is 0 Å². The van der Waals surface area contributed by atoms with Crippen LogP contribution < -0.4 is 4.90 Å². The molecule has 1 heterocycles. The van der Waals surface area contributed by atoms with Crippen molar-refractivity contribution in [1.82, 2.24) is 0 Å². The summed E-state index contributed by atoms with van der Waals surface area (Å²) in [5, 5.41) is 11.8. The van der Waals surface area contributed by atoms with Gasteiger partial charge in [0.05, 0.1) is 0 Å². The summed E-state index contributed by atoms with van der Waals surface area (Å²) in [5.74, 6) is 0.410. The quantitative estimate of drug-likeness (QED) is 0.247. The summed E-state index contributed by atoms with van der Waals surface area (Å²) in [5.41, 5.74) is 10.6. The smallest absolute Gasteiger partial charge is 0.240 e. The lowest BCUT2D eigenvalue weighted by Crippen LogP contribution is -2.27. The molecule has 4 aromatic rings. The van der Waals surface area contributed by atoms with Crippen molar-refractivity contribution in [2.24, 2.45) is 0 Å². The van der Waals surface area contributed by atoms with Crippen molar-refractivity contribution in [1.29, 1.82) is 0 Å². The van der Waals surface area contributed by atoms with E-state index in [4.69, 9.17) is 0 Å². The normalized spacial score (nSPS) is 17.5. The summed E-state index contributed by atoms with van der Waals surface area (Å²) >= 11 is 0. The first-order chi connectivity index (χ1) is 19.8. The first kappa shape index (κ1) is 29.6. The van der Waals surface area contributed by atoms with Gasteiger partial charge in [0.1, 0.15) is 18.0 Å². The number of rotatable bonds is 5. The highest BCUT2D eigenvalue weighted by atomic mass is 16.3. The van der Waals surface area contributed by atoms with Crippen molar-refractivity contribution in [2.75, 3.05) is 4.90 Å². The van der Waals surface area contributed by atoms with Gasteiger partial charge in [-0.15, -0.1) is 0 Å². The molecule has 0 saturated heterocycles. The highest BCUT2D eigenvalue weighted by Gasteiger charge is 2.46. The van der Waals surface area contributed by atoms with Gasteiger partial charge in [-0.25, -0.2) is 4.90 Å². The molecule has 0 aliphatic carbocycles. The van der Waals surface area contributed by atoms with Gasteiger partial charge in [0, 0.05) is 16.7 Å². The Balaban J connectivity index is 1.75. The van der Waals surface area contributed by atoms with Gasteiger partial charge in [0.15, 0.2) is 12.1 Å². The minimum Gasteiger partial charge on any atom is -0.507 e. The maximum Gasteiger partial charge on any atom is 0.240 e. The molecule has 3 nitrogen and oxygen atoms in total. The lowest BCUT2D eigenvalue weighted by molar-refractivity contribution is -0.578. The molecule has 0 bridgehead atoms. The largest absolute Gasteiger partial charge is 0.507 e. The average Bonchev–Trinajstić information content (AvgIpc) is 3.27. The van der Waals surface area contributed by atoms with Crippen LogP contribution in [0.5, 0.6) is 5.75 Å². The predicted octanol–water partition coefficient (Wildman–Crippen LogP) is 9.46. The molecule has 1 aliphatic rings. The Kier molecular flexibility index (Phi) is 7.83. The van der Waals surface area contributed by atoms with Gasteiger partial charge >= 0.3 is 0 Å². The molecular weight excluding hydrogens is 512 g/mol. The molecule has 4 aromatic carbocycles. The molecule has 1 N–H and O–H groups in total. The summed E-state index contributed by atoms with van der Waals surface area (Å²) in [6.45, 7) is 20.5. The number of phenols is 1. The Morgan fingerprint density at radius 2 is 1.26 bits per heavy atom. The molecule has 5 rings (SSSR count). The molecule has 0 amide bonds. The van der Waals surface area contributed by atoms with E-state index >= 15 is 0 Å². The van der Waals surface area contributed by atoms with Crippen LogP contribution in [0.25, 0.3) is 0 Å². The summed E-state index contributed by atoms with van der Waals surface area (Å²) in [6, 6.07) is 30.8. The minimum absolute atomic E-state index is 0.0370. The monoisotopic (exact) mass is 559 g/mol. The predicted molar refractivity (Wildman–Crippen MR) is 177 cm³/mol. The lowest BCUT2D eigenvalue weighted by atomic mass is 9.79. The molecular formula is C39H47N2O+. The fourth-order valence-electron chi connectivity index (χ4n) is 6.59. The van der Waals surface area contributed by atoms with Crippen LogP contribution in [0, 0.1) is 20.8 Å². The fraction of sp³-hybridized carbons (Fsp3) is 0.359. The molecule has 0 radical (unpaired) electrons. The van der Waals surface area contributed by atoms with E-state index in [1.807, 2.05) is 0 Å². The van der Waals surface area contributed by atoms with Crippen molar-refractivity contribution < 1.29 is 9.68 Å². The molecule has 0 aromatic heterocycles. The zero-order valence-corrected chi connectivity index (χ0v) is 26.9. The summed E-state index contributed by atoms with van der Waals surface area (Å²) in [4.78, 5) is 2.48. The molecule has 0 spiro atoms. The van der Waals surface area contributed by atoms with E-state index in [0.717, 1.165) is 11.1 Å². The number of nitrogens with zero attached hydrogens (tertiary/aromatic N) is 2. The number of anilines is 1. The van der Waals surface area contributed by atoms with Crippen LogP contribution in [0.15, 0.2) is 84.9 Å². The summed E-state index contributed by atoms with van der Waals surface area (Å²) in [6.07, 6.45) is 2.31. The van der Waals surface area contributed by atoms with Crippen molar-refractivity contribution in [3.05, 3.63) is 129 Å². The third-order valence-electron chi connectivity index (χ3n) is 8.62. The van der Waals surface area contributed by atoms with E-state index in [0.29, 0.717) is 12.3 Å². The molecule has 0 fully saturated rings. The average molecular weight is 560 g/mol. The number of aromatic hydroxyl groups is 1. The standard InChI is InChI=1S/C39H46N2O/c1-26-20-27(2)34(28(3)21-26)41-25-40(24-31-22-32(38(4,5)6)23-33(37(31)42)39(7,8)9)35(29-16-12-10-13-17-29)36(41)30-18-14-11-15-19-30/h10-23,25,35-36H,24H2,1-9H3/p+1/t35-,36-/m1/s1. The fourth-order valence-corrected chi connectivity index (χ4v) is 6.59. The van der Waals surface area contributed by atoms with Gasteiger partial charge in [-0.1, -0.05) is 126 Å². The van der Waals surface area contributed by atoms with E-state index in [1.54, 1.807) is 0 Å². The van der Waals surface area contributed by atoms with Crippen LogP contribution in [-0.2, 0) is 17.4 Å². The molecule has 3 heteroatoms. The van der Waals surface area contributed by atoms with E-state index in [2.05, 4.69) is 163 Å². The number of hydrogen-bond acceptors (Lipinski definition) is 2. The second-order valence-electron chi connectivity index (χ2n) is 14.2. The van der Waals surface area contributed by atoms with Gasteiger partial charge in [-0.3, -0.25) is 4.58 Å². The van der Waals surface area contributed by atoms with Crippen LogP contribution in [0.3, 0.4) is 0 Å². The van der Waals surface area contributed by atoms with E-state index in [1.165, 1.54) is 39.1 Å². The third-order valence-corrected chi connectivity index (χ3v) is 8.62. The molecule has 1 aliphatic heterocycles. The van der Waals surface area contributed by atoms with Crippen LogP contribution in [-0.4, -0.2) is 16.0 Å². The van der Waals surface area contributed by atoms with Gasteiger partial charge in [0.25, 0.3) is 0 Å². The summed E-state index contributed by atoms with van der Waals surface area (Å²) < 4.78 is 2.44. The molecule has 0 saturated carbocycles. The second kappa shape index (κ2) is 11.1. The Bertz CT molecular complexity index is 1580. The van der Waals surface area contributed by atoms with Crippen LogP contribution in [0.2, 0.25) is 0 Å². The van der Waals surface area contributed by atoms with Gasteiger partial charge in [0.2, 0.25) is 6.34 Å². The topological polar surface area (TPSA) is 26.5 Å². The highest BCUT2D eigenvalue weighted by molar-refractivity contribution is 5.83. The minimum atomic E-state index is -0.178. The van der Waals surface area contributed by atoms with Gasteiger partial charge in [-0.05, 0) is 59.9 Å². The maximum atomic E-state index is 11.8. The number of hydrogen-bond donors (Lipinski definition) is 1. The Hall–Kier alpha value is -3.85. The van der Waals surface area contributed by atoms with Crippen LogP contribution in [0.4, 0.5) is 5.69 Å². The number of benzene rings is 4.